The van der Waals surface area contributed by atoms with Crippen molar-refractivity contribution in [3.8, 4) is 0 Å². The van der Waals surface area contributed by atoms with Gasteiger partial charge in [0, 0.05) is 33.3 Å². The Balaban J connectivity index is 2.69. The summed E-state index contributed by atoms with van der Waals surface area (Å²) in [5, 5.41) is 2.59. The van der Waals surface area contributed by atoms with E-state index in [4.69, 9.17) is 0 Å². The maximum Gasteiger partial charge on any atom is 0.251 e. The zero-order valence-electron chi connectivity index (χ0n) is 12.8. The highest BCUT2D eigenvalue weighted by atomic mass is 16.2. The van der Waals surface area contributed by atoms with Crippen molar-refractivity contribution in [3.63, 3.8) is 0 Å². The Morgan fingerprint density at radius 3 is 2.15 bits per heavy atom. The van der Waals surface area contributed by atoms with Crippen LogP contribution in [0.25, 0.3) is 0 Å². The van der Waals surface area contributed by atoms with Gasteiger partial charge in [0.15, 0.2) is 0 Å². The van der Waals surface area contributed by atoms with Crippen molar-refractivity contribution in [3.05, 3.63) is 35.4 Å². The molecule has 0 heterocycles. The fourth-order valence-corrected chi connectivity index (χ4v) is 1.89. The number of hydrogen-bond donors (Lipinski definition) is 1. The summed E-state index contributed by atoms with van der Waals surface area (Å²) >= 11 is 0. The van der Waals surface area contributed by atoms with E-state index < -0.39 is 0 Å². The van der Waals surface area contributed by atoms with Crippen LogP contribution in [0.1, 0.15) is 22.8 Å². The summed E-state index contributed by atoms with van der Waals surface area (Å²) in [6, 6.07) is 7.23. The van der Waals surface area contributed by atoms with Gasteiger partial charge < -0.3 is 10.2 Å². The molecule has 0 saturated heterocycles. The third kappa shape index (κ3) is 4.06. The van der Waals surface area contributed by atoms with Crippen LogP contribution in [-0.2, 0) is 11.3 Å². The molecule has 1 atom stereocenters. The molecule has 0 saturated carbocycles. The molecular weight excluding hydrogens is 254 g/mol. The zero-order valence-corrected chi connectivity index (χ0v) is 12.8. The fraction of sp³-hybridized carbons (Fsp3) is 0.467. The monoisotopic (exact) mass is 277 g/mol. The molecule has 1 aromatic carbocycles. The Morgan fingerprint density at radius 2 is 1.70 bits per heavy atom. The Morgan fingerprint density at radius 1 is 1.15 bits per heavy atom. The average molecular weight is 277 g/mol. The highest BCUT2D eigenvalue weighted by molar-refractivity contribution is 5.93. The molecule has 1 rings (SSSR count). The van der Waals surface area contributed by atoms with E-state index in [0.29, 0.717) is 12.1 Å². The minimum absolute atomic E-state index is 0.0782. The van der Waals surface area contributed by atoms with Crippen molar-refractivity contribution in [1.82, 2.24) is 15.1 Å². The lowest BCUT2D eigenvalue weighted by Crippen LogP contribution is -2.42. The normalized spacial score (nSPS) is 12.1. The molecule has 1 N–H and O–H groups in total. The lowest BCUT2D eigenvalue weighted by atomic mass is 10.1. The summed E-state index contributed by atoms with van der Waals surface area (Å²) in [6.07, 6.45) is 0. The van der Waals surface area contributed by atoms with Crippen LogP contribution >= 0.6 is 0 Å². The van der Waals surface area contributed by atoms with Crippen LogP contribution in [0.4, 0.5) is 0 Å². The highest BCUT2D eigenvalue weighted by Crippen LogP contribution is 2.09. The molecule has 0 fully saturated rings. The van der Waals surface area contributed by atoms with Gasteiger partial charge in [0.1, 0.15) is 0 Å². The minimum Gasteiger partial charge on any atom is -0.355 e. The molecular formula is C15H23N3O2. The van der Waals surface area contributed by atoms with E-state index in [0.717, 1.165) is 5.56 Å². The van der Waals surface area contributed by atoms with Gasteiger partial charge in [-0.2, -0.15) is 0 Å². The number of amides is 2. The SMILES string of the molecule is CNC(=O)c1ccc(CN(C)C(C)C(=O)N(C)C)cc1. The molecule has 5 nitrogen and oxygen atoms in total. The Bertz CT molecular complexity index is 469. The molecule has 0 spiro atoms. The third-order valence-corrected chi connectivity index (χ3v) is 3.33. The van der Waals surface area contributed by atoms with E-state index in [2.05, 4.69) is 5.32 Å². The Labute approximate surface area is 120 Å². The van der Waals surface area contributed by atoms with E-state index in [1.807, 2.05) is 31.0 Å². The highest BCUT2D eigenvalue weighted by Gasteiger charge is 2.19. The molecule has 0 aliphatic rings. The van der Waals surface area contributed by atoms with Crippen molar-refractivity contribution in [1.29, 1.82) is 0 Å². The van der Waals surface area contributed by atoms with E-state index in [1.165, 1.54) is 0 Å². The van der Waals surface area contributed by atoms with Crippen LogP contribution in [-0.4, -0.2) is 55.8 Å². The lowest BCUT2D eigenvalue weighted by molar-refractivity contribution is -0.133. The summed E-state index contributed by atoms with van der Waals surface area (Å²) in [5.74, 6) is -0.0180. The minimum atomic E-state index is -0.177. The molecule has 0 bridgehead atoms. The summed E-state index contributed by atoms with van der Waals surface area (Å²) in [7, 11) is 7.03. The summed E-state index contributed by atoms with van der Waals surface area (Å²) in [4.78, 5) is 26.9. The number of carbonyl (C=O) groups excluding carboxylic acids is 2. The van der Waals surface area contributed by atoms with Crippen molar-refractivity contribution in [2.24, 2.45) is 0 Å². The number of benzene rings is 1. The summed E-state index contributed by atoms with van der Waals surface area (Å²) < 4.78 is 0. The van der Waals surface area contributed by atoms with Crippen molar-refractivity contribution in [2.75, 3.05) is 28.2 Å². The maximum atomic E-state index is 11.9. The fourth-order valence-electron chi connectivity index (χ4n) is 1.89. The molecule has 0 aliphatic heterocycles. The Kier molecular flexibility index (Phi) is 5.70. The number of likely N-dealkylation sites (N-methyl/N-ethyl adjacent to an activating group) is 2. The molecule has 2 amide bonds. The third-order valence-electron chi connectivity index (χ3n) is 3.33. The van der Waals surface area contributed by atoms with Crippen LogP contribution in [0.3, 0.4) is 0 Å². The number of carbonyl (C=O) groups is 2. The molecule has 1 aromatic rings. The first-order valence-corrected chi connectivity index (χ1v) is 6.59. The first kappa shape index (κ1) is 16.2. The van der Waals surface area contributed by atoms with Crippen molar-refractivity contribution in [2.45, 2.75) is 19.5 Å². The predicted molar refractivity (Wildman–Crippen MR) is 79.5 cm³/mol. The number of rotatable bonds is 5. The molecule has 0 aromatic heterocycles. The van der Waals surface area contributed by atoms with Crippen LogP contribution in [0.2, 0.25) is 0 Å². The first-order valence-electron chi connectivity index (χ1n) is 6.59. The van der Waals surface area contributed by atoms with E-state index in [9.17, 15) is 9.59 Å². The van der Waals surface area contributed by atoms with Gasteiger partial charge in [-0.1, -0.05) is 12.1 Å². The van der Waals surface area contributed by atoms with Crippen LogP contribution in [0.5, 0.6) is 0 Å². The zero-order chi connectivity index (χ0) is 15.3. The largest absolute Gasteiger partial charge is 0.355 e. The van der Waals surface area contributed by atoms with Gasteiger partial charge in [-0.25, -0.2) is 0 Å². The van der Waals surface area contributed by atoms with Crippen molar-refractivity contribution >= 4 is 11.8 Å². The number of nitrogens with zero attached hydrogens (tertiary/aromatic N) is 2. The lowest BCUT2D eigenvalue weighted by Gasteiger charge is -2.26. The van der Waals surface area contributed by atoms with Gasteiger partial charge in [-0.15, -0.1) is 0 Å². The smallest absolute Gasteiger partial charge is 0.251 e. The second-order valence-corrected chi connectivity index (χ2v) is 5.10. The summed E-state index contributed by atoms with van der Waals surface area (Å²) in [5.41, 5.74) is 1.70. The van der Waals surface area contributed by atoms with Crippen molar-refractivity contribution < 1.29 is 9.59 Å². The standard InChI is InChI=1S/C15H23N3O2/c1-11(15(20)17(3)4)18(5)10-12-6-8-13(9-7-12)14(19)16-2/h6-9,11H,10H2,1-5H3,(H,16,19). The molecule has 0 radical (unpaired) electrons. The van der Waals surface area contributed by atoms with Gasteiger partial charge in [-0.3, -0.25) is 14.5 Å². The van der Waals surface area contributed by atoms with Gasteiger partial charge in [0.25, 0.3) is 5.91 Å². The van der Waals surface area contributed by atoms with E-state index >= 15 is 0 Å². The molecule has 110 valence electrons. The molecule has 5 heteroatoms. The van der Waals surface area contributed by atoms with Gasteiger partial charge in [0.2, 0.25) is 5.91 Å². The first-order chi connectivity index (χ1) is 9.36. The molecule has 0 aliphatic carbocycles. The quantitative estimate of drug-likeness (QED) is 0.872. The van der Waals surface area contributed by atoms with E-state index in [-0.39, 0.29) is 17.9 Å². The Hall–Kier alpha value is -1.88. The molecule has 1 unspecified atom stereocenters. The maximum absolute atomic E-state index is 11.9. The van der Waals surface area contributed by atoms with Gasteiger partial charge >= 0.3 is 0 Å². The van der Waals surface area contributed by atoms with Crippen LogP contribution < -0.4 is 5.32 Å². The van der Waals surface area contributed by atoms with Gasteiger partial charge in [-0.05, 0) is 31.7 Å². The number of hydrogen-bond acceptors (Lipinski definition) is 3. The second kappa shape index (κ2) is 7.05. The van der Waals surface area contributed by atoms with E-state index in [1.54, 1.807) is 38.2 Å². The van der Waals surface area contributed by atoms with Crippen LogP contribution in [0, 0.1) is 0 Å². The van der Waals surface area contributed by atoms with Gasteiger partial charge in [0.05, 0.1) is 6.04 Å². The predicted octanol–water partition coefficient (Wildman–Crippen LogP) is 0.955. The topological polar surface area (TPSA) is 52.7 Å². The summed E-state index contributed by atoms with van der Waals surface area (Å²) in [6.45, 7) is 2.55. The number of nitrogens with one attached hydrogen (secondary N) is 1. The second-order valence-electron chi connectivity index (χ2n) is 5.10. The molecule has 20 heavy (non-hydrogen) atoms. The van der Waals surface area contributed by atoms with Crippen LogP contribution in [0.15, 0.2) is 24.3 Å². The average Bonchev–Trinajstić information content (AvgIpc) is 2.45.